The Morgan fingerprint density at radius 1 is 1.65 bits per heavy atom. The maximum Gasteiger partial charge on any atom is 0.221 e. The lowest BCUT2D eigenvalue weighted by atomic mass is 10.1. The Bertz CT molecular complexity index is 376. The van der Waals surface area contributed by atoms with E-state index in [-0.39, 0.29) is 11.9 Å². The summed E-state index contributed by atoms with van der Waals surface area (Å²) >= 11 is 0. The van der Waals surface area contributed by atoms with Gasteiger partial charge in [0.1, 0.15) is 12.2 Å². The number of carbonyl (C=O) groups excluding carboxylic acids is 1. The van der Waals surface area contributed by atoms with E-state index in [1.54, 1.807) is 6.33 Å². The molecule has 2 heterocycles. The quantitative estimate of drug-likeness (QED) is 0.776. The third kappa shape index (κ3) is 3.26. The van der Waals surface area contributed by atoms with Gasteiger partial charge in [0.15, 0.2) is 0 Å². The number of hydrogen-bond acceptors (Lipinski definition) is 4. The standard InChI is InChI=1S/C11H19N5O/c1-2-16-8-14-15-10(16)7-13-9-4-3-5-12-11(17)6-9/h8-9,13H,2-7H2,1H3,(H,12,17). The number of aromatic nitrogens is 3. The first kappa shape index (κ1) is 12.0. The fourth-order valence-corrected chi connectivity index (χ4v) is 2.06. The van der Waals surface area contributed by atoms with E-state index in [1.165, 1.54) is 0 Å². The molecule has 1 aromatic rings. The van der Waals surface area contributed by atoms with E-state index in [2.05, 4.69) is 27.8 Å². The van der Waals surface area contributed by atoms with Gasteiger partial charge in [-0.15, -0.1) is 10.2 Å². The van der Waals surface area contributed by atoms with Crippen LogP contribution in [-0.4, -0.2) is 33.3 Å². The molecule has 0 spiro atoms. The number of amides is 1. The van der Waals surface area contributed by atoms with Gasteiger partial charge >= 0.3 is 0 Å². The van der Waals surface area contributed by atoms with Crippen LogP contribution in [0, 0.1) is 0 Å². The molecular weight excluding hydrogens is 218 g/mol. The summed E-state index contributed by atoms with van der Waals surface area (Å²) in [5.74, 6) is 1.06. The van der Waals surface area contributed by atoms with Crippen LogP contribution in [0.4, 0.5) is 0 Å². The molecule has 1 amide bonds. The first-order chi connectivity index (χ1) is 8.29. The number of nitrogens with one attached hydrogen (secondary N) is 2. The van der Waals surface area contributed by atoms with E-state index in [4.69, 9.17) is 0 Å². The van der Waals surface area contributed by atoms with Crippen molar-refractivity contribution in [2.45, 2.75) is 45.3 Å². The molecule has 0 aliphatic carbocycles. The molecule has 0 aromatic carbocycles. The topological polar surface area (TPSA) is 71.8 Å². The predicted octanol–water partition coefficient (Wildman–Crippen LogP) is 0.0563. The third-order valence-electron chi connectivity index (χ3n) is 3.07. The second kappa shape index (κ2) is 5.77. The van der Waals surface area contributed by atoms with Gasteiger partial charge in [0.2, 0.25) is 5.91 Å². The van der Waals surface area contributed by atoms with E-state index >= 15 is 0 Å². The van der Waals surface area contributed by atoms with E-state index in [1.807, 2.05) is 4.57 Å². The highest BCUT2D eigenvalue weighted by Crippen LogP contribution is 2.07. The number of aryl methyl sites for hydroxylation is 1. The van der Waals surface area contributed by atoms with Gasteiger partial charge in [-0.25, -0.2) is 0 Å². The van der Waals surface area contributed by atoms with Crippen molar-refractivity contribution in [1.82, 2.24) is 25.4 Å². The average Bonchev–Trinajstić information content (AvgIpc) is 2.68. The van der Waals surface area contributed by atoms with Gasteiger partial charge in [0.05, 0.1) is 6.54 Å². The molecule has 1 saturated heterocycles. The highest BCUT2D eigenvalue weighted by atomic mass is 16.1. The molecule has 1 unspecified atom stereocenters. The number of rotatable bonds is 4. The van der Waals surface area contributed by atoms with Crippen molar-refractivity contribution >= 4 is 5.91 Å². The van der Waals surface area contributed by atoms with E-state index in [0.717, 1.165) is 31.8 Å². The largest absolute Gasteiger partial charge is 0.356 e. The Hall–Kier alpha value is -1.43. The Balaban J connectivity index is 1.86. The maximum atomic E-state index is 11.4. The van der Waals surface area contributed by atoms with E-state index in [9.17, 15) is 4.79 Å². The van der Waals surface area contributed by atoms with Gasteiger partial charge in [-0.1, -0.05) is 0 Å². The Morgan fingerprint density at radius 2 is 2.53 bits per heavy atom. The summed E-state index contributed by atoms with van der Waals surface area (Å²) in [5, 5.41) is 14.2. The molecule has 1 aromatic heterocycles. The minimum atomic E-state index is 0.136. The molecule has 6 heteroatoms. The molecule has 1 fully saturated rings. The van der Waals surface area contributed by atoms with Crippen LogP contribution >= 0.6 is 0 Å². The number of carbonyl (C=O) groups is 1. The van der Waals surface area contributed by atoms with Crippen LogP contribution in [-0.2, 0) is 17.9 Å². The molecule has 2 N–H and O–H groups in total. The molecule has 1 aliphatic rings. The number of hydrogen-bond donors (Lipinski definition) is 2. The molecular formula is C11H19N5O. The summed E-state index contributed by atoms with van der Waals surface area (Å²) < 4.78 is 2.00. The maximum absolute atomic E-state index is 11.4. The monoisotopic (exact) mass is 237 g/mol. The van der Waals surface area contributed by atoms with Crippen LogP contribution in [0.25, 0.3) is 0 Å². The second-order valence-corrected chi connectivity index (χ2v) is 4.31. The van der Waals surface area contributed by atoms with E-state index in [0.29, 0.717) is 13.0 Å². The van der Waals surface area contributed by atoms with Crippen LogP contribution in [0.3, 0.4) is 0 Å². The van der Waals surface area contributed by atoms with Gasteiger partial charge in [-0.3, -0.25) is 4.79 Å². The zero-order valence-electron chi connectivity index (χ0n) is 10.1. The highest BCUT2D eigenvalue weighted by Gasteiger charge is 2.17. The smallest absolute Gasteiger partial charge is 0.221 e. The first-order valence-electron chi connectivity index (χ1n) is 6.16. The molecule has 0 radical (unpaired) electrons. The van der Waals surface area contributed by atoms with Crippen molar-refractivity contribution in [2.75, 3.05) is 6.54 Å². The average molecular weight is 237 g/mol. The molecule has 0 saturated carbocycles. The summed E-state index contributed by atoms with van der Waals surface area (Å²) in [7, 11) is 0. The zero-order chi connectivity index (χ0) is 12.1. The van der Waals surface area contributed by atoms with Crippen molar-refractivity contribution in [3.8, 4) is 0 Å². The molecule has 1 aliphatic heterocycles. The summed E-state index contributed by atoms with van der Waals surface area (Å²) in [4.78, 5) is 11.4. The van der Waals surface area contributed by atoms with Gasteiger partial charge in [-0.2, -0.15) is 0 Å². The molecule has 17 heavy (non-hydrogen) atoms. The molecule has 6 nitrogen and oxygen atoms in total. The lowest BCUT2D eigenvalue weighted by molar-refractivity contribution is -0.121. The van der Waals surface area contributed by atoms with Crippen LogP contribution in [0.1, 0.15) is 32.0 Å². The Labute approximate surface area is 101 Å². The summed E-state index contributed by atoms with van der Waals surface area (Å²) in [5.41, 5.74) is 0. The fraction of sp³-hybridized carbons (Fsp3) is 0.727. The summed E-state index contributed by atoms with van der Waals surface area (Å²) in [6, 6.07) is 0.250. The van der Waals surface area contributed by atoms with Crippen LogP contribution in [0.15, 0.2) is 6.33 Å². The van der Waals surface area contributed by atoms with Crippen molar-refractivity contribution in [3.05, 3.63) is 12.2 Å². The summed E-state index contributed by atoms with van der Waals surface area (Å²) in [6.45, 7) is 4.40. The molecule has 2 rings (SSSR count). The highest BCUT2D eigenvalue weighted by molar-refractivity contribution is 5.76. The van der Waals surface area contributed by atoms with E-state index < -0.39 is 0 Å². The Kier molecular flexibility index (Phi) is 4.08. The van der Waals surface area contributed by atoms with Crippen molar-refractivity contribution in [1.29, 1.82) is 0 Å². The minimum Gasteiger partial charge on any atom is -0.356 e. The first-order valence-corrected chi connectivity index (χ1v) is 6.16. The second-order valence-electron chi connectivity index (χ2n) is 4.31. The minimum absolute atomic E-state index is 0.136. The van der Waals surface area contributed by atoms with Gasteiger partial charge in [0.25, 0.3) is 0 Å². The van der Waals surface area contributed by atoms with Gasteiger partial charge < -0.3 is 15.2 Å². The molecule has 94 valence electrons. The third-order valence-corrected chi connectivity index (χ3v) is 3.07. The Morgan fingerprint density at radius 3 is 3.35 bits per heavy atom. The SMILES string of the molecule is CCn1cnnc1CNC1CCCNC(=O)C1. The van der Waals surface area contributed by atoms with Gasteiger partial charge in [0, 0.05) is 25.6 Å². The van der Waals surface area contributed by atoms with Crippen molar-refractivity contribution in [3.63, 3.8) is 0 Å². The van der Waals surface area contributed by atoms with Gasteiger partial charge in [-0.05, 0) is 19.8 Å². The van der Waals surface area contributed by atoms with Crippen molar-refractivity contribution < 1.29 is 4.79 Å². The van der Waals surface area contributed by atoms with Crippen molar-refractivity contribution in [2.24, 2.45) is 0 Å². The predicted molar refractivity (Wildman–Crippen MR) is 63.2 cm³/mol. The fourth-order valence-electron chi connectivity index (χ4n) is 2.06. The van der Waals surface area contributed by atoms with Crippen LogP contribution in [0.5, 0.6) is 0 Å². The number of nitrogens with zero attached hydrogens (tertiary/aromatic N) is 3. The zero-order valence-corrected chi connectivity index (χ0v) is 10.1. The molecule has 0 bridgehead atoms. The lowest BCUT2D eigenvalue weighted by Gasteiger charge is -2.14. The van der Waals surface area contributed by atoms with Crippen LogP contribution in [0.2, 0.25) is 0 Å². The lowest BCUT2D eigenvalue weighted by Crippen LogP contribution is -2.32. The normalized spacial score (nSPS) is 21.0. The molecule has 1 atom stereocenters. The summed E-state index contributed by atoms with van der Waals surface area (Å²) in [6.07, 6.45) is 4.35. The van der Waals surface area contributed by atoms with Crippen LogP contribution < -0.4 is 10.6 Å².